The number of carbonyl (C=O) groups excluding carboxylic acids is 2. The SMILES string of the molecule is CN=C(NCCCN1C(=O)C2C3C=CC(C3)C2C1=O)NCCc1cccc(C)c1.I. The van der Waals surface area contributed by atoms with Gasteiger partial charge in [-0.25, -0.2) is 0 Å². The molecule has 1 aromatic carbocycles. The van der Waals surface area contributed by atoms with Crippen LogP contribution in [0.5, 0.6) is 0 Å². The lowest BCUT2D eigenvalue weighted by Gasteiger charge is -2.18. The van der Waals surface area contributed by atoms with Crippen molar-refractivity contribution in [2.45, 2.75) is 26.2 Å². The van der Waals surface area contributed by atoms with E-state index in [1.54, 1.807) is 7.05 Å². The molecular formula is C23H31IN4O2. The Hall–Kier alpha value is -1.90. The Bertz CT molecular complexity index is 823. The number of carbonyl (C=O) groups is 2. The standard InChI is InChI=1S/C23H30N4O2.HI/c1-15-5-3-6-16(13-15)9-11-26-23(24-2)25-10-4-12-27-21(28)19-17-7-8-18(14-17)20(19)22(27)29;/h3,5-8,13,17-20H,4,9-12,14H2,1-2H3,(H2,24,25,26);1H. The minimum atomic E-state index is -0.0958. The Morgan fingerprint density at radius 2 is 1.77 bits per heavy atom. The van der Waals surface area contributed by atoms with E-state index in [0.717, 1.165) is 31.8 Å². The minimum absolute atomic E-state index is 0. The number of hydrogen-bond acceptors (Lipinski definition) is 3. The summed E-state index contributed by atoms with van der Waals surface area (Å²) in [6.45, 7) is 4.05. The van der Waals surface area contributed by atoms with Crippen LogP contribution >= 0.6 is 24.0 Å². The van der Waals surface area contributed by atoms with Crippen molar-refractivity contribution in [1.29, 1.82) is 0 Å². The van der Waals surface area contributed by atoms with E-state index >= 15 is 0 Å². The number of fused-ring (bicyclic) bond motifs is 5. The first-order valence-corrected chi connectivity index (χ1v) is 10.6. The second kappa shape index (κ2) is 9.94. The molecule has 0 spiro atoms. The predicted octanol–water partition coefficient (Wildman–Crippen LogP) is 2.52. The molecule has 3 aliphatic rings. The molecule has 4 rings (SSSR count). The fraction of sp³-hybridized carbons (Fsp3) is 0.522. The average molecular weight is 522 g/mol. The van der Waals surface area contributed by atoms with Gasteiger partial charge >= 0.3 is 0 Å². The summed E-state index contributed by atoms with van der Waals surface area (Å²) >= 11 is 0. The number of nitrogens with zero attached hydrogens (tertiary/aromatic N) is 2. The van der Waals surface area contributed by atoms with E-state index < -0.39 is 0 Å². The largest absolute Gasteiger partial charge is 0.356 e. The molecule has 2 N–H and O–H groups in total. The Labute approximate surface area is 195 Å². The number of imide groups is 1. The number of benzene rings is 1. The summed E-state index contributed by atoms with van der Waals surface area (Å²) in [6.07, 6.45) is 6.90. The summed E-state index contributed by atoms with van der Waals surface area (Å²) < 4.78 is 0. The lowest BCUT2D eigenvalue weighted by Crippen LogP contribution is -2.40. The van der Waals surface area contributed by atoms with Crippen LogP contribution in [-0.4, -0.2) is 49.4 Å². The summed E-state index contributed by atoms with van der Waals surface area (Å²) in [7, 11) is 1.75. The Balaban J connectivity index is 0.00000256. The molecule has 4 atom stereocenters. The molecule has 4 unspecified atom stereocenters. The lowest BCUT2D eigenvalue weighted by molar-refractivity contribution is -0.140. The topological polar surface area (TPSA) is 73.8 Å². The molecule has 2 amide bonds. The minimum Gasteiger partial charge on any atom is -0.356 e. The molecule has 30 heavy (non-hydrogen) atoms. The van der Waals surface area contributed by atoms with Gasteiger partial charge in [0.15, 0.2) is 5.96 Å². The number of allylic oxidation sites excluding steroid dienone is 2. The fourth-order valence-electron chi connectivity index (χ4n) is 5.04. The lowest BCUT2D eigenvalue weighted by atomic mass is 9.85. The zero-order valence-electron chi connectivity index (χ0n) is 17.6. The van der Waals surface area contributed by atoms with Gasteiger partial charge in [0.1, 0.15) is 0 Å². The van der Waals surface area contributed by atoms with Gasteiger partial charge in [0.25, 0.3) is 0 Å². The van der Waals surface area contributed by atoms with Gasteiger partial charge in [-0.05, 0) is 43.6 Å². The molecule has 0 aromatic heterocycles. The second-order valence-electron chi connectivity index (χ2n) is 8.35. The van der Waals surface area contributed by atoms with Crippen LogP contribution in [0.2, 0.25) is 0 Å². The number of amides is 2. The first-order valence-electron chi connectivity index (χ1n) is 10.6. The molecule has 2 fully saturated rings. The molecule has 1 saturated carbocycles. The van der Waals surface area contributed by atoms with Crippen LogP contribution < -0.4 is 10.6 Å². The maximum Gasteiger partial charge on any atom is 0.233 e. The number of guanidine groups is 1. The highest BCUT2D eigenvalue weighted by molar-refractivity contribution is 14.0. The fourth-order valence-corrected chi connectivity index (χ4v) is 5.04. The van der Waals surface area contributed by atoms with Crippen LogP contribution in [0.3, 0.4) is 0 Å². The summed E-state index contributed by atoms with van der Waals surface area (Å²) in [5, 5.41) is 6.60. The van der Waals surface area contributed by atoms with Crippen LogP contribution in [0.15, 0.2) is 41.4 Å². The van der Waals surface area contributed by atoms with E-state index in [2.05, 4.69) is 59.0 Å². The first-order chi connectivity index (χ1) is 14.1. The molecule has 1 heterocycles. The zero-order chi connectivity index (χ0) is 20.4. The van der Waals surface area contributed by atoms with Gasteiger partial charge in [0, 0.05) is 26.7 Å². The van der Waals surface area contributed by atoms with Crippen LogP contribution in [0.1, 0.15) is 24.0 Å². The van der Waals surface area contributed by atoms with Crippen molar-refractivity contribution in [2.75, 3.05) is 26.7 Å². The van der Waals surface area contributed by atoms with Gasteiger partial charge in [0.2, 0.25) is 11.8 Å². The Morgan fingerprint density at radius 3 is 2.40 bits per heavy atom. The van der Waals surface area contributed by atoms with Crippen molar-refractivity contribution in [2.24, 2.45) is 28.7 Å². The maximum absolute atomic E-state index is 12.7. The number of likely N-dealkylation sites (tertiary alicyclic amines) is 1. The van der Waals surface area contributed by atoms with Crippen molar-refractivity contribution in [3.63, 3.8) is 0 Å². The number of aryl methyl sites for hydroxylation is 1. The van der Waals surface area contributed by atoms with Gasteiger partial charge in [-0.1, -0.05) is 42.0 Å². The molecule has 6 nitrogen and oxygen atoms in total. The van der Waals surface area contributed by atoms with Crippen molar-refractivity contribution in [3.8, 4) is 0 Å². The number of hydrogen-bond donors (Lipinski definition) is 2. The van der Waals surface area contributed by atoms with E-state index in [4.69, 9.17) is 0 Å². The molecule has 2 bridgehead atoms. The molecular weight excluding hydrogens is 491 g/mol. The molecule has 1 aromatic rings. The number of nitrogens with one attached hydrogen (secondary N) is 2. The summed E-state index contributed by atoms with van der Waals surface area (Å²) in [5.74, 6) is 1.19. The number of halogens is 1. The summed E-state index contributed by atoms with van der Waals surface area (Å²) in [5.41, 5.74) is 2.57. The van der Waals surface area contributed by atoms with E-state index in [1.165, 1.54) is 16.0 Å². The monoisotopic (exact) mass is 522 g/mol. The van der Waals surface area contributed by atoms with Gasteiger partial charge in [-0.15, -0.1) is 24.0 Å². The number of aliphatic imine (C=N–C) groups is 1. The van der Waals surface area contributed by atoms with E-state index in [-0.39, 0.29) is 59.5 Å². The third kappa shape index (κ3) is 4.55. The first kappa shape index (κ1) is 22.8. The van der Waals surface area contributed by atoms with Gasteiger partial charge < -0.3 is 10.6 Å². The van der Waals surface area contributed by atoms with E-state index in [9.17, 15) is 9.59 Å². The van der Waals surface area contributed by atoms with Crippen LogP contribution in [0.25, 0.3) is 0 Å². The van der Waals surface area contributed by atoms with E-state index in [0.29, 0.717) is 13.1 Å². The molecule has 0 radical (unpaired) electrons. The summed E-state index contributed by atoms with van der Waals surface area (Å²) in [6, 6.07) is 8.50. The molecule has 1 saturated heterocycles. The highest BCUT2D eigenvalue weighted by Gasteiger charge is 2.58. The normalized spacial score (nSPS) is 26.7. The molecule has 1 aliphatic heterocycles. The quantitative estimate of drug-likeness (QED) is 0.144. The van der Waals surface area contributed by atoms with Gasteiger partial charge in [-0.3, -0.25) is 19.5 Å². The van der Waals surface area contributed by atoms with Gasteiger partial charge in [0.05, 0.1) is 11.8 Å². The van der Waals surface area contributed by atoms with Crippen molar-refractivity contribution in [3.05, 3.63) is 47.5 Å². The van der Waals surface area contributed by atoms with Crippen LogP contribution in [0, 0.1) is 30.6 Å². The van der Waals surface area contributed by atoms with Crippen LogP contribution in [-0.2, 0) is 16.0 Å². The Morgan fingerprint density at radius 1 is 1.10 bits per heavy atom. The Kier molecular flexibility index (Phi) is 7.55. The van der Waals surface area contributed by atoms with E-state index in [1.807, 2.05) is 0 Å². The second-order valence-corrected chi connectivity index (χ2v) is 8.35. The summed E-state index contributed by atoms with van der Waals surface area (Å²) in [4.78, 5) is 31.1. The highest BCUT2D eigenvalue weighted by Crippen LogP contribution is 2.52. The third-order valence-corrected chi connectivity index (χ3v) is 6.42. The predicted molar refractivity (Wildman–Crippen MR) is 129 cm³/mol. The molecule has 7 heteroatoms. The maximum atomic E-state index is 12.7. The number of rotatable bonds is 7. The van der Waals surface area contributed by atoms with Crippen molar-refractivity contribution >= 4 is 41.8 Å². The third-order valence-electron chi connectivity index (χ3n) is 6.42. The van der Waals surface area contributed by atoms with Crippen LogP contribution in [0.4, 0.5) is 0 Å². The smallest absolute Gasteiger partial charge is 0.233 e. The van der Waals surface area contributed by atoms with Crippen molar-refractivity contribution < 1.29 is 9.59 Å². The van der Waals surface area contributed by atoms with Crippen molar-refractivity contribution in [1.82, 2.24) is 15.5 Å². The molecule has 162 valence electrons. The highest BCUT2D eigenvalue weighted by atomic mass is 127. The zero-order valence-corrected chi connectivity index (χ0v) is 20.0. The molecule has 2 aliphatic carbocycles. The van der Waals surface area contributed by atoms with Gasteiger partial charge in [-0.2, -0.15) is 0 Å². The average Bonchev–Trinajstić information content (AvgIpc) is 3.39.